The zero-order valence-electron chi connectivity index (χ0n) is 11.2. The summed E-state index contributed by atoms with van der Waals surface area (Å²) in [7, 11) is 0. The van der Waals surface area contributed by atoms with Crippen molar-refractivity contribution in [1.29, 1.82) is 0 Å². The Bertz CT molecular complexity index is 346. The summed E-state index contributed by atoms with van der Waals surface area (Å²) >= 11 is 0. The van der Waals surface area contributed by atoms with Gasteiger partial charge in [-0.1, -0.05) is 25.7 Å². The topological polar surface area (TPSA) is 43.8 Å². The maximum absolute atomic E-state index is 6.53. The molecule has 2 N–H and O–H groups in total. The highest BCUT2D eigenvalue weighted by Gasteiger charge is 2.27. The summed E-state index contributed by atoms with van der Waals surface area (Å²) in [6, 6.07) is 2.56. The third kappa shape index (κ3) is 3.32. The number of hydrogen-bond acceptors (Lipinski definition) is 2. The number of nitrogens with two attached hydrogens (primary N) is 1. The van der Waals surface area contributed by atoms with Crippen molar-refractivity contribution in [3.8, 4) is 0 Å². The molecule has 1 aromatic rings. The average molecular weight is 235 g/mol. The first-order valence-corrected chi connectivity index (χ1v) is 6.92. The quantitative estimate of drug-likeness (QED) is 0.818. The van der Waals surface area contributed by atoms with E-state index in [9.17, 15) is 0 Å². The van der Waals surface area contributed by atoms with Gasteiger partial charge in [0.2, 0.25) is 0 Å². The van der Waals surface area contributed by atoms with Gasteiger partial charge in [-0.25, -0.2) is 0 Å². The number of rotatable bonds is 3. The van der Waals surface area contributed by atoms with Crippen LogP contribution in [0.2, 0.25) is 0 Å². The number of hydrogen-bond donors (Lipinski definition) is 1. The highest BCUT2D eigenvalue weighted by Crippen LogP contribution is 2.27. The Hall–Kier alpha value is -0.830. The number of aromatic nitrogens is 2. The predicted octanol–water partition coefficient (Wildman–Crippen LogP) is 3.06. The van der Waals surface area contributed by atoms with Gasteiger partial charge >= 0.3 is 0 Å². The molecule has 0 spiro atoms. The van der Waals surface area contributed by atoms with E-state index in [0.717, 1.165) is 25.0 Å². The van der Waals surface area contributed by atoms with E-state index in [1.54, 1.807) is 0 Å². The van der Waals surface area contributed by atoms with Crippen LogP contribution in [-0.2, 0) is 6.42 Å². The first kappa shape index (κ1) is 12.6. The van der Waals surface area contributed by atoms with Gasteiger partial charge < -0.3 is 5.73 Å². The Kier molecular flexibility index (Phi) is 3.87. The van der Waals surface area contributed by atoms with Gasteiger partial charge in [-0.3, -0.25) is 4.68 Å². The van der Waals surface area contributed by atoms with Crippen molar-refractivity contribution < 1.29 is 0 Å². The lowest BCUT2D eigenvalue weighted by Gasteiger charge is -2.27. The molecule has 17 heavy (non-hydrogen) atoms. The van der Waals surface area contributed by atoms with Gasteiger partial charge in [-0.05, 0) is 32.8 Å². The predicted molar refractivity (Wildman–Crippen MR) is 70.9 cm³/mol. The Labute approximate surface area is 104 Å². The largest absolute Gasteiger partial charge is 0.325 e. The van der Waals surface area contributed by atoms with Gasteiger partial charge in [0.15, 0.2) is 0 Å². The molecule has 0 saturated heterocycles. The summed E-state index contributed by atoms with van der Waals surface area (Å²) < 4.78 is 2.02. The first-order valence-electron chi connectivity index (χ1n) is 6.92. The van der Waals surface area contributed by atoms with Crippen molar-refractivity contribution in [1.82, 2.24) is 9.78 Å². The second kappa shape index (κ2) is 5.21. The van der Waals surface area contributed by atoms with Crippen molar-refractivity contribution in [3.63, 3.8) is 0 Å². The van der Waals surface area contributed by atoms with Crippen LogP contribution in [0, 0.1) is 0 Å². The normalized spacial score (nSPS) is 20.5. The molecule has 0 aromatic carbocycles. The van der Waals surface area contributed by atoms with Crippen molar-refractivity contribution in [2.45, 2.75) is 70.4 Å². The van der Waals surface area contributed by atoms with Gasteiger partial charge in [-0.2, -0.15) is 5.10 Å². The zero-order chi connectivity index (χ0) is 12.3. The van der Waals surface area contributed by atoms with Crippen LogP contribution in [0.5, 0.6) is 0 Å². The van der Waals surface area contributed by atoms with Gasteiger partial charge in [0, 0.05) is 24.2 Å². The standard InChI is InChI=1S/C14H25N3/c1-12(2)17-10-7-13(16-17)11-14(15)8-5-3-4-6-9-14/h7,10,12H,3-6,8-9,11,15H2,1-2H3. The van der Waals surface area contributed by atoms with E-state index >= 15 is 0 Å². The molecular weight excluding hydrogens is 210 g/mol. The Morgan fingerprint density at radius 1 is 1.29 bits per heavy atom. The molecule has 1 aliphatic carbocycles. The maximum atomic E-state index is 6.53. The molecule has 0 atom stereocenters. The van der Waals surface area contributed by atoms with Crippen LogP contribution in [0.15, 0.2) is 12.3 Å². The molecule has 1 saturated carbocycles. The van der Waals surface area contributed by atoms with Crippen molar-refractivity contribution in [2.24, 2.45) is 5.73 Å². The van der Waals surface area contributed by atoms with Crippen LogP contribution in [0.3, 0.4) is 0 Å². The highest BCUT2D eigenvalue weighted by atomic mass is 15.3. The molecule has 0 bridgehead atoms. The van der Waals surface area contributed by atoms with Crippen LogP contribution < -0.4 is 5.73 Å². The van der Waals surface area contributed by atoms with Crippen LogP contribution in [0.25, 0.3) is 0 Å². The second-order valence-corrected chi connectivity index (χ2v) is 5.83. The Balaban J connectivity index is 2.02. The summed E-state index contributed by atoms with van der Waals surface area (Å²) in [5.74, 6) is 0. The van der Waals surface area contributed by atoms with E-state index in [1.165, 1.54) is 25.7 Å². The molecule has 1 heterocycles. The second-order valence-electron chi connectivity index (χ2n) is 5.83. The van der Waals surface area contributed by atoms with E-state index < -0.39 is 0 Å². The van der Waals surface area contributed by atoms with Gasteiger partial charge in [0.1, 0.15) is 0 Å². The molecular formula is C14H25N3. The summed E-state index contributed by atoms with van der Waals surface area (Å²) in [5, 5.41) is 4.62. The smallest absolute Gasteiger partial charge is 0.0643 e. The summed E-state index contributed by atoms with van der Waals surface area (Å²) in [5.41, 5.74) is 7.68. The molecule has 0 amide bonds. The third-order valence-electron chi connectivity index (χ3n) is 3.83. The van der Waals surface area contributed by atoms with E-state index in [4.69, 9.17) is 5.73 Å². The lowest BCUT2D eigenvalue weighted by Crippen LogP contribution is -2.41. The van der Waals surface area contributed by atoms with Crippen molar-refractivity contribution in [3.05, 3.63) is 18.0 Å². The van der Waals surface area contributed by atoms with Crippen LogP contribution in [0.1, 0.15) is 64.1 Å². The van der Waals surface area contributed by atoms with Crippen molar-refractivity contribution >= 4 is 0 Å². The molecule has 3 heteroatoms. The minimum absolute atomic E-state index is 0.00728. The first-order chi connectivity index (χ1) is 8.09. The minimum atomic E-state index is -0.00728. The molecule has 1 fully saturated rings. The van der Waals surface area contributed by atoms with Crippen LogP contribution in [0.4, 0.5) is 0 Å². The van der Waals surface area contributed by atoms with Gasteiger partial charge in [-0.15, -0.1) is 0 Å². The van der Waals surface area contributed by atoms with Gasteiger partial charge in [0.25, 0.3) is 0 Å². The van der Waals surface area contributed by atoms with Crippen molar-refractivity contribution in [2.75, 3.05) is 0 Å². The fraction of sp³-hybridized carbons (Fsp3) is 0.786. The fourth-order valence-corrected chi connectivity index (χ4v) is 2.73. The zero-order valence-corrected chi connectivity index (χ0v) is 11.2. The van der Waals surface area contributed by atoms with Gasteiger partial charge in [0.05, 0.1) is 5.69 Å². The lowest BCUT2D eigenvalue weighted by molar-refractivity contribution is 0.363. The summed E-state index contributed by atoms with van der Waals surface area (Å²) in [4.78, 5) is 0. The molecule has 2 rings (SSSR count). The van der Waals surface area contributed by atoms with E-state index in [2.05, 4.69) is 31.2 Å². The SMILES string of the molecule is CC(C)n1ccc(CC2(N)CCCCCC2)n1. The fourth-order valence-electron chi connectivity index (χ4n) is 2.73. The van der Waals surface area contributed by atoms with Crippen LogP contribution in [-0.4, -0.2) is 15.3 Å². The highest BCUT2D eigenvalue weighted by molar-refractivity contribution is 5.06. The van der Waals surface area contributed by atoms with Crippen LogP contribution >= 0.6 is 0 Å². The summed E-state index contributed by atoms with van der Waals surface area (Å²) in [6.07, 6.45) is 10.6. The lowest BCUT2D eigenvalue weighted by atomic mass is 9.87. The monoisotopic (exact) mass is 235 g/mol. The summed E-state index contributed by atoms with van der Waals surface area (Å²) in [6.45, 7) is 4.31. The molecule has 0 aliphatic heterocycles. The molecule has 3 nitrogen and oxygen atoms in total. The maximum Gasteiger partial charge on any atom is 0.0643 e. The number of nitrogens with zero attached hydrogens (tertiary/aromatic N) is 2. The molecule has 1 aliphatic rings. The molecule has 96 valence electrons. The van der Waals surface area contributed by atoms with E-state index in [1.807, 2.05) is 4.68 Å². The van der Waals surface area contributed by atoms with E-state index in [-0.39, 0.29) is 5.54 Å². The third-order valence-corrected chi connectivity index (χ3v) is 3.83. The Morgan fingerprint density at radius 2 is 1.94 bits per heavy atom. The average Bonchev–Trinajstić information content (AvgIpc) is 2.61. The Morgan fingerprint density at radius 3 is 2.47 bits per heavy atom. The molecule has 1 aromatic heterocycles. The van der Waals surface area contributed by atoms with E-state index in [0.29, 0.717) is 6.04 Å². The molecule has 0 radical (unpaired) electrons. The minimum Gasteiger partial charge on any atom is -0.325 e. The molecule has 0 unspecified atom stereocenters.